The summed E-state index contributed by atoms with van der Waals surface area (Å²) < 4.78 is 6.24. The summed E-state index contributed by atoms with van der Waals surface area (Å²) in [6.07, 6.45) is 6.06. The Bertz CT molecular complexity index is 1070. The molecule has 2 aromatic carbocycles. The third-order valence-electron chi connectivity index (χ3n) is 6.58. The third kappa shape index (κ3) is 4.09. The van der Waals surface area contributed by atoms with Crippen molar-refractivity contribution in [1.29, 1.82) is 0 Å². The van der Waals surface area contributed by atoms with Gasteiger partial charge in [0.05, 0.1) is 5.52 Å². The fourth-order valence-corrected chi connectivity index (χ4v) is 4.78. The summed E-state index contributed by atoms with van der Waals surface area (Å²) in [6.45, 7) is 5.51. The Labute approximate surface area is 183 Å². The molecule has 3 aromatic rings. The molecule has 5 nitrogen and oxygen atoms in total. The average Bonchev–Trinajstić information content (AvgIpc) is 3.35. The van der Waals surface area contributed by atoms with E-state index in [1.807, 2.05) is 22.1 Å². The predicted molar refractivity (Wildman–Crippen MR) is 123 cm³/mol. The van der Waals surface area contributed by atoms with Crippen molar-refractivity contribution in [3.8, 4) is 16.9 Å². The van der Waals surface area contributed by atoms with Gasteiger partial charge in [0.2, 0.25) is 0 Å². The second-order valence-electron chi connectivity index (χ2n) is 8.62. The zero-order chi connectivity index (χ0) is 21.2. The number of likely N-dealkylation sites (tertiary alicyclic amines) is 2. The molecule has 5 rings (SSSR count). The van der Waals surface area contributed by atoms with Crippen LogP contribution in [0.1, 0.15) is 31.2 Å². The fourth-order valence-electron chi connectivity index (χ4n) is 4.78. The zero-order valence-corrected chi connectivity index (χ0v) is 18.1. The number of ether oxygens (including phenoxy) is 1. The molecule has 2 aliphatic rings. The van der Waals surface area contributed by atoms with E-state index in [4.69, 9.17) is 4.74 Å². The molecule has 2 fully saturated rings. The molecule has 0 spiro atoms. The van der Waals surface area contributed by atoms with E-state index in [9.17, 15) is 4.79 Å². The highest BCUT2D eigenvalue weighted by atomic mass is 16.5. The van der Waals surface area contributed by atoms with Crippen LogP contribution in [0.3, 0.4) is 0 Å². The van der Waals surface area contributed by atoms with Gasteiger partial charge in [0.25, 0.3) is 0 Å². The Morgan fingerprint density at radius 1 is 0.935 bits per heavy atom. The molecular formula is C26H29N3O2. The van der Waals surface area contributed by atoms with Crippen molar-refractivity contribution in [2.24, 2.45) is 0 Å². The van der Waals surface area contributed by atoms with E-state index in [0.29, 0.717) is 0 Å². The average molecular weight is 416 g/mol. The van der Waals surface area contributed by atoms with Gasteiger partial charge in [-0.3, -0.25) is 4.98 Å². The van der Waals surface area contributed by atoms with Crippen molar-refractivity contribution in [3.63, 3.8) is 0 Å². The highest BCUT2D eigenvalue weighted by Gasteiger charge is 2.28. The van der Waals surface area contributed by atoms with Gasteiger partial charge >= 0.3 is 6.03 Å². The van der Waals surface area contributed by atoms with Crippen LogP contribution in [0.15, 0.2) is 54.7 Å². The van der Waals surface area contributed by atoms with Crippen LogP contribution >= 0.6 is 0 Å². The zero-order valence-electron chi connectivity index (χ0n) is 18.1. The topological polar surface area (TPSA) is 45.7 Å². The Morgan fingerprint density at radius 3 is 2.39 bits per heavy atom. The molecule has 160 valence electrons. The Balaban J connectivity index is 1.21. The Morgan fingerprint density at radius 2 is 1.65 bits per heavy atom. The number of hydrogen-bond donors (Lipinski definition) is 0. The number of nitrogens with zero attached hydrogens (tertiary/aromatic N) is 3. The minimum Gasteiger partial charge on any atom is -0.490 e. The van der Waals surface area contributed by atoms with Gasteiger partial charge in [-0.25, -0.2) is 4.79 Å². The molecule has 2 amide bonds. The van der Waals surface area contributed by atoms with Crippen LogP contribution in [0, 0.1) is 6.92 Å². The van der Waals surface area contributed by atoms with Crippen LogP contribution < -0.4 is 4.74 Å². The second-order valence-corrected chi connectivity index (χ2v) is 8.62. The molecule has 2 aliphatic heterocycles. The number of urea groups is 1. The lowest BCUT2D eigenvalue weighted by molar-refractivity contribution is 0.0982. The number of rotatable bonds is 3. The molecule has 3 heterocycles. The molecule has 0 bridgehead atoms. The van der Waals surface area contributed by atoms with Crippen molar-refractivity contribution in [2.45, 2.75) is 38.7 Å². The number of amides is 2. The standard InChI is InChI=1S/C26H29N3O2/c1-19-24(11-8-21-5-4-14-27-25(19)21)20-6-9-22(10-7-20)31-23-12-17-29(18-13-23)26(30)28-15-2-3-16-28/h4-11,14,23H,2-3,12-13,15-18H2,1H3. The normalized spacial score (nSPS) is 17.3. The summed E-state index contributed by atoms with van der Waals surface area (Å²) in [7, 11) is 0. The fraction of sp³-hybridized carbons (Fsp3) is 0.385. The van der Waals surface area contributed by atoms with Gasteiger partial charge in [0.1, 0.15) is 11.9 Å². The van der Waals surface area contributed by atoms with Gasteiger partial charge in [0, 0.05) is 50.6 Å². The lowest BCUT2D eigenvalue weighted by Gasteiger charge is -2.34. The van der Waals surface area contributed by atoms with Crippen molar-refractivity contribution >= 4 is 16.9 Å². The van der Waals surface area contributed by atoms with E-state index in [2.05, 4.69) is 54.4 Å². The number of carbonyl (C=O) groups is 1. The van der Waals surface area contributed by atoms with Crippen molar-refractivity contribution in [2.75, 3.05) is 26.2 Å². The van der Waals surface area contributed by atoms with Gasteiger partial charge in [-0.1, -0.05) is 30.3 Å². The molecule has 0 unspecified atom stereocenters. The molecule has 0 N–H and O–H groups in total. The Kier molecular flexibility index (Phi) is 5.49. The first-order valence-electron chi connectivity index (χ1n) is 11.3. The molecule has 0 saturated carbocycles. The number of fused-ring (bicyclic) bond motifs is 1. The van der Waals surface area contributed by atoms with Gasteiger partial charge in [-0.2, -0.15) is 0 Å². The molecular weight excluding hydrogens is 386 g/mol. The number of carbonyl (C=O) groups excluding carboxylic acids is 1. The second kappa shape index (κ2) is 8.58. The number of piperidine rings is 1. The monoisotopic (exact) mass is 415 g/mol. The van der Waals surface area contributed by atoms with Gasteiger partial charge in [0.15, 0.2) is 0 Å². The van der Waals surface area contributed by atoms with E-state index in [1.165, 1.54) is 22.1 Å². The van der Waals surface area contributed by atoms with Crippen LogP contribution in [0.2, 0.25) is 0 Å². The number of aromatic nitrogens is 1. The lowest BCUT2D eigenvalue weighted by atomic mass is 9.98. The summed E-state index contributed by atoms with van der Waals surface area (Å²) in [5.41, 5.74) is 4.62. The largest absolute Gasteiger partial charge is 0.490 e. The van der Waals surface area contributed by atoms with Crippen molar-refractivity contribution in [1.82, 2.24) is 14.8 Å². The molecule has 2 saturated heterocycles. The quantitative estimate of drug-likeness (QED) is 0.585. The summed E-state index contributed by atoms with van der Waals surface area (Å²) in [5.74, 6) is 0.893. The molecule has 0 radical (unpaired) electrons. The van der Waals surface area contributed by atoms with E-state index in [-0.39, 0.29) is 12.1 Å². The van der Waals surface area contributed by atoms with E-state index in [0.717, 1.165) is 63.1 Å². The molecule has 0 atom stereocenters. The van der Waals surface area contributed by atoms with Gasteiger partial charge in [-0.15, -0.1) is 0 Å². The molecule has 31 heavy (non-hydrogen) atoms. The summed E-state index contributed by atoms with van der Waals surface area (Å²) in [5, 5.41) is 1.17. The van der Waals surface area contributed by atoms with E-state index < -0.39 is 0 Å². The first-order valence-corrected chi connectivity index (χ1v) is 11.3. The van der Waals surface area contributed by atoms with Gasteiger partial charge in [-0.05, 0) is 54.7 Å². The maximum Gasteiger partial charge on any atom is 0.320 e. The van der Waals surface area contributed by atoms with Crippen molar-refractivity contribution < 1.29 is 9.53 Å². The molecule has 5 heteroatoms. The van der Waals surface area contributed by atoms with Crippen LogP contribution in [0.25, 0.3) is 22.0 Å². The van der Waals surface area contributed by atoms with Crippen LogP contribution in [-0.4, -0.2) is 53.1 Å². The SMILES string of the molecule is Cc1c(-c2ccc(OC3CCN(C(=O)N4CCCC4)CC3)cc2)ccc2cccnc12. The number of hydrogen-bond acceptors (Lipinski definition) is 3. The molecule has 1 aromatic heterocycles. The number of benzene rings is 2. The van der Waals surface area contributed by atoms with Crippen LogP contribution in [0.4, 0.5) is 4.79 Å². The summed E-state index contributed by atoms with van der Waals surface area (Å²) in [4.78, 5) is 21.1. The Hall–Kier alpha value is -3.08. The van der Waals surface area contributed by atoms with E-state index in [1.54, 1.807) is 0 Å². The highest BCUT2D eigenvalue weighted by Crippen LogP contribution is 2.30. The van der Waals surface area contributed by atoms with Crippen LogP contribution in [-0.2, 0) is 0 Å². The molecule has 0 aliphatic carbocycles. The number of aryl methyl sites for hydroxylation is 1. The smallest absolute Gasteiger partial charge is 0.320 e. The third-order valence-corrected chi connectivity index (χ3v) is 6.58. The lowest BCUT2D eigenvalue weighted by Crippen LogP contribution is -2.47. The predicted octanol–water partition coefficient (Wildman–Crippen LogP) is 5.27. The minimum atomic E-state index is 0.167. The summed E-state index contributed by atoms with van der Waals surface area (Å²) >= 11 is 0. The number of pyridine rings is 1. The summed E-state index contributed by atoms with van der Waals surface area (Å²) in [6, 6.07) is 16.9. The first-order chi connectivity index (χ1) is 15.2. The first kappa shape index (κ1) is 19.9. The highest BCUT2D eigenvalue weighted by molar-refractivity contribution is 5.88. The maximum atomic E-state index is 12.6. The maximum absolute atomic E-state index is 12.6. The van der Waals surface area contributed by atoms with Crippen LogP contribution in [0.5, 0.6) is 5.75 Å². The van der Waals surface area contributed by atoms with E-state index >= 15 is 0 Å². The minimum absolute atomic E-state index is 0.167. The van der Waals surface area contributed by atoms with Gasteiger partial charge < -0.3 is 14.5 Å². The van der Waals surface area contributed by atoms with Crippen molar-refractivity contribution in [3.05, 3.63) is 60.3 Å².